The van der Waals surface area contributed by atoms with Crippen molar-refractivity contribution in [1.29, 1.82) is 0 Å². The lowest BCUT2D eigenvalue weighted by molar-refractivity contribution is 0.432. The number of rotatable bonds is 5. The van der Waals surface area contributed by atoms with Gasteiger partial charge in [0.25, 0.3) is 0 Å². The quantitative estimate of drug-likeness (QED) is 0.736. The fourth-order valence-electron chi connectivity index (χ4n) is 1.76. The molecule has 1 aromatic rings. The average molecular weight is 284 g/mol. The minimum Gasteiger partial charge on any atom is -0.374 e. The second kappa shape index (κ2) is 6.29. The second-order valence-electron chi connectivity index (χ2n) is 4.88. The smallest absolute Gasteiger partial charge is 0.0366 e. The lowest BCUT2D eigenvalue weighted by Gasteiger charge is -2.27. The van der Waals surface area contributed by atoms with E-state index in [-0.39, 0.29) is 0 Å². The van der Waals surface area contributed by atoms with Crippen molar-refractivity contribution in [3.8, 4) is 0 Å². The van der Waals surface area contributed by atoms with Crippen LogP contribution in [-0.4, -0.2) is 18.9 Å². The molecule has 0 aliphatic carbocycles. The summed E-state index contributed by atoms with van der Waals surface area (Å²) in [7, 11) is 2.17. The number of hydrogen-bond donors (Lipinski definition) is 0. The first-order valence-corrected chi connectivity index (χ1v) is 7.00. The highest BCUT2D eigenvalue weighted by Gasteiger charge is 2.14. The predicted molar refractivity (Wildman–Crippen MR) is 76.6 cm³/mol. The van der Waals surface area contributed by atoms with Crippen LogP contribution in [0.5, 0.6) is 0 Å². The summed E-state index contributed by atoms with van der Waals surface area (Å²) < 4.78 is 0. The minimum absolute atomic E-state index is 0.700. The van der Waals surface area contributed by atoms with Crippen LogP contribution in [0.4, 0.5) is 5.69 Å². The Morgan fingerprint density at radius 3 is 2.50 bits per heavy atom. The Morgan fingerprint density at radius 1 is 1.31 bits per heavy atom. The Morgan fingerprint density at radius 2 is 2.00 bits per heavy atom. The molecule has 0 bridgehead atoms. The Bertz CT molecular complexity index is 322. The maximum absolute atomic E-state index is 3.61. The van der Waals surface area contributed by atoms with Gasteiger partial charge >= 0.3 is 0 Å². The molecule has 0 spiro atoms. The van der Waals surface area contributed by atoms with Gasteiger partial charge in [0.15, 0.2) is 0 Å². The lowest BCUT2D eigenvalue weighted by atomic mass is 9.97. The van der Waals surface area contributed by atoms with E-state index in [0.717, 1.165) is 11.9 Å². The molecule has 0 radical (unpaired) electrons. The van der Waals surface area contributed by atoms with Crippen LogP contribution in [0.25, 0.3) is 0 Å². The summed E-state index contributed by atoms with van der Waals surface area (Å²) in [5.74, 6) is 1.41. The van der Waals surface area contributed by atoms with Gasteiger partial charge in [-0.25, -0.2) is 0 Å². The maximum Gasteiger partial charge on any atom is 0.0366 e. The van der Waals surface area contributed by atoms with Crippen LogP contribution in [0.1, 0.15) is 19.4 Å². The number of hydrogen-bond acceptors (Lipinski definition) is 1. The SMILES string of the molecule is Cc1cccc(N(C)CC(CBr)C(C)C)c1. The standard InChI is InChI=1S/C14H22BrN/c1-11(2)13(9-15)10-16(4)14-7-5-6-12(3)8-14/h5-8,11,13H,9-10H2,1-4H3. The van der Waals surface area contributed by atoms with Gasteiger partial charge in [0, 0.05) is 24.6 Å². The molecular weight excluding hydrogens is 262 g/mol. The monoisotopic (exact) mass is 283 g/mol. The largest absolute Gasteiger partial charge is 0.374 e. The first kappa shape index (κ1) is 13.6. The number of aryl methyl sites for hydroxylation is 1. The van der Waals surface area contributed by atoms with Crippen LogP contribution in [0.2, 0.25) is 0 Å². The first-order valence-electron chi connectivity index (χ1n) is 5.88. The van der Waals surface area contributed by atoms with E-state index < -0.39 is 0 Å². The molecule has 0 aliphatic rings. The first-order chi connectivity index (χ1) is 7.54. The minimum atomic E-state index is 0.700. The topological polar surface area (TPSA) is 3.24 Å². The predicted octanol–water partition coefficient (Wildman–Crippen LogP) is 4.10. The van der Waals surface area contributed by atoms with Crippen molar-refractivity contribution in [2.75, 3.05) is 23.8 Å². The Balaban J connectivity index is 2.67. The van der Waals surface area contributed by atoms with E-state index in [0.29, 0.717) is 11.8 Å². The Kier molecular flexibility index (Phi) is 5.33. The fraction of sp³-hybridized carbons (Fsp3) is 0.571. The van der Waals surface area contributed by atoms with Gasteiger partial charge in [0.1, 0.15) is 0 Å². The highest BCUT2D eigenvalue weighted by Crippen LogP contribution is 2.20. The van der Waals surface area contributed by atoms with Crippen molar-refractivity contribution in [2.45, 2.75) is 20.8 Å². The molecule has 1 atom stereocenters. The molecule has 0 aromatic heterocycles. The summed E-state index contributed by atoms with van der Waals surface area (Å²) in [6, 6.07) is 8.69. The molecule has 90 valence electrons. The molecule has 1 rings (SSSR count). The molecule has 0 heterocycles. The zero-order valence-electron chi connectivity index (χ0n) is 10.7. The fourth-order valence-corrected chi connectivity index (χ4v) is 2.71. The summed E-state index contributed by atoms with van der Waals surface area (Å²) in [5.41, 5.74) is 2.64. The summed E-state index contributed by atoms with van der Waals surface area (Å²) >= 11 is 3.61. The van der Waals surface area contributed by atoms with E-state index in [1.807, 2.05) is 0 Å². The van der Waals surface area contributed by atoms with E-state index in [1.54, 1.807) is 0 Å². The van der Waals surface area contributed by atoms with Gasteiger partial charge in [-0.05, 0) is 36.5 Å². The van der Waals surface area contributed by atoms with E-state index >= 15 is 0 Å². The van der Waals surface area contributed by atoms with Crippen LogP contribution >= 0.6 is 15.9 Å². The highest BCUT2D eigenvalue weighted by atomic mass is 79.9. The number of alkyl halides is 1. The van der Waals surface area contributed by atoms with Crippen molar-refractivity contribution < 1.29 is 0 Å². The van der Waals surface area contributed by atoms with E-state index in [2.05, 4.69) is 72.9 Å². The zero-order valence-corrected chi connectivity index (χ0v) is 12.3. The molecule has 1 unspecified atom stereocenters. The van der Waals surface area contributed by atoms with E-state index in [4.69, 9.17) is 0 Å². The number of benzene rings is 1. The Hall–Kier alpha value is -0.500. The summed E-state index contributed by atoms with van der Waals surface area (Å²) in [4.78, 5) is 2.35. The summed E-state index contributed by atoms with van der Waals surface area (Å²) in [5, 5.41) is 1.07. The molecule has 2 heteroatoms. The van der Waals surface area contributed by atoms with Crippen molar-refractivity contribution in [3.05, 3.63) is 29.8 Å². The zero-order chi connectivity index (χ0) is 12.1. The van der Waals surface area contributed by atoms with Crippen LogP contribution < -0.4 is 4.90 Å². The molecule has 1 nitrogen and oxygen atoms in total. The van der Waals surface area contributed by atoms with Gasteiger partial charge < -0.3 is 4.90 Å². The normalized spacial score (nSPS) is 12.9. The molecular formula is C14H22BrN. The molecule has 0 N–H and O–H groups in total. The van der Waals surface area contributed by atoms with Crippen LogP contribution in [0.3, 0.4) is 0 Å². The molecule has 0 aliphatic heterocycles. The van der Waals surface area contributed by atoms with Crippen molar-refractivity contribution >= 4 is 21.6 Å². The molecule has 0 amide bonds. The summed E-state index contributed by atoms with van der Waals surface area (Å²) in [6.45, 7) is 7.82. The van der Waals surface area contributed by atoms with Gasteiger partial charge in [0.05, 0.1) is 0 Å². The molecule has 0 saturated heterocycles. The highest BCUT2D eigenvalue weighted by molar-refractivity contribution is 9.09. The molecule has 16 heavy (non-hydrogen) atoms. The molecule has 0 saturated carbocycles. The average Bonchev–Trinajstić information content (AvgIpc) is 2.25. The van der Waals surface area contributed by atoms with Crippen LogP contribution in [0.15, 0.2) is 24.3 Å². The molecule has 1 aromatic carbocycles. The van der Waals surface area contributed by atoms with Gasteiger partial charge in [-0.15, -0.1) is 0 Å². The van der Waals surface area contributed by atoms with E-state index in [9.17, 15) is 0 Å². The van der Waals surface area contributed by atoms with Crippen molar-refractivity contribution in [3.63, 3.8) is 0 Å². The Labute approximate surface area is 108 Å². The van der Waals surface area contributed by atoms with Gasteiger partial charge in [0.2, 0.25) is 0 Å². The van der Waals surface area contributed by atoms with Crippen LogP contribution in [-0.2, 0) is 0 Å². The third kappa shape index (κ3) is 3.82. The summed E-state index contributed by atoms with van der Waals surface area (Å²) in [6.07, 6.45) is 0. The van der Waals surface area contributed by atoms with Gasteiger partial charge in [-0.3, -0.25) is 0 Å². The maximum atomic E-state index is 3.61. The van der Waals surface area contributed by atoms with Crippen molar-refractivity contribution in [2.24, 2.45) is 11.8 Å². The number of nitrogens with zero attached hydrogens (tertiary/aromatic N) is 1. The third-order valence-corrected chi connectivity index (χ3v) is 3.92. The van der Waals surface area contributed by atoms with Gasteiger partial charge in [-0.1, -0.05) is 41.9 Å². The number of halogens is 1. The van der Waals surface area contributed by atoms with E-state index in [1.165, 1.54) is 11.3 Å². The second-order valence-corrected chi connectivity index (χ2v) is 5.53. The van der Waals surface area contributed by atoms with Crippen LogP contribution in [0, 0.1) is 18.8 Å². The van der Waals surface area contributed by atoms with Crippen molar-refractivity contribution in [1.82, 2.24) is 0 Å². The molecule has 0 fully saturated rings. The number of anilines is 1. The third-order valence-electron chi connectivity index (χ3n) is 3.09. The van der Waals surface area contributed by atoms with Gasteiger partial charge in [-0.2, -0.15) is 0 Å². The lowest BCUT2D eigenvalue weighted by Crippen LogP contribution is -2.29.